The Morgan fingerprint density at radius 3 is 2.30 bits per heavy atom. The van der Waals surface area contributed by atoms with Gasteiger partial charge in [0.2, 0.25) is 0 Å². The van der Waals surface area contributed by atoms with Crippen LogP contribution < -0.4 is 0 Å². The average molecular weight is 305 g/mol. The predicted octanol–water partition coefficient (Wildman–Crippen LogP) is 3.85. The first-order valence-electron chi connectivity index (χ1n) is 6.44. The van der Waals surface area contributed by atoms with Crippen LogP contribution >= 0.6 is 0 Å². The van der Waals surface area contributed by atoms with Gasteiger partial charge in [0, 0.05) is 6.26 Å². The minimum Gasteiger partial charge on any atom is -0.224 e. The highest BCUT2D eigenvalue weighted by atomic mass is 32.2. The van der Waals surface area contributed by atoms with Gasteiger partial charge in [-0.3, -0.25) is 0 Å². The van der Waals surface area contributed by atoms with Gasteiger partial charge < -0.3 is 0 Å². The van der Waals surface area contributed by atoms with Gasteiger partial charge in [0.1, 0.15) is 0 Å². The van der Waals surface area contributed by atoms with Gasteiger partial charge in [-0.2, -0.15) is 13.2 Å². The van der Waals surface area contributed by atoms with E-state index in [0.717, 1.165) is 44.1 Å². The van der Waals surface area contributed by atoms with Gasteiger partial charge in [0.25, 0.3) is 0 Å². The monoisotopic (exact) mass is 305 g/mol. The first kappa shape index (κ1) is 15.4. The molecule has 2 nitrogen and oxygen atoms in total. The molecule has 20 heavy (non-hydrogen) atoms. The van der Waals surface area contributed by atoms with Gasteiger partial charge in [0.05, 0.1) is 10.5 Å². The van der Waals surface area contributed by atoms with Crippen LogP contribution in [0.5, 0.6) is 0 Å². The molecule has 1 radical (unpaired) electrons. The van der Waals surface area contributed by atoms with E-state index in [4.69, 9.17) is 0 Å². The van der Waals surface area contributed by atoms with Crippen molar-refractivity contribution in [3.63, 3.8) is 0 Å². The number of benzene rings is 1. The van der Waals surface area contributed by atoms with Crippen LogP contribution in [0.4, 0.5) is 13.2 Å². The summed E-state index contributed by atoms with van der Waals surface area (Å²) in [4.78, 5) is -0.659. The van der Waals surface area contributed by atoms with Crippen molar-refractivity contribution in [2.24, 2.45) is 5.92 Å². The van der Waals surface area contributed by atoms with E-state index in [0.29, 0.717) is 11.5 Å². The van der Waals surface area contributed by atoms with E-state index in [9.17, 15) is 21.6 Å². The normalized spacial score (nSPS) is 17.6. The molecule has 0 spiro atoms. The van der Waals surface area contributed by atoms with E-state index in [-0.39, 0.29) is 0 Å². The SMILES string of the molecule is CS(=O)(=O)c1ccc([CH]C2CCCC2)cc1C(F)(F)F. The molecule has 1 aliphatic carbocycles. The molecule has 1 aromatic carbocycles. The number of hydrogen-bond acceptors (Lipinski definition) is 2. The standard InChI is InChI=1S/C14H16F3O2S/c1-20(18,19)13-7-6-11(8-10-4-2-3-5-10)9-12(13)14(15,16)17/h6-10H,2-5H2,1H3. The number of alkyl halides is 3. The maximum Gasteiger partial charge on any atom is 0.417 e. The summed E-state index contributed by atoms with van der Waals surface area (Å²) in [7, 11) is -3.89. The molecular formula is C14H16F3O2S. The second-order valence-corrected chi connectivity index (χ2v) is 7.22. The van der Waals surface area contributed by atoms with E-state index in [1.54, 1.807) is 0 Å². The maximum atomic E-state index is 13.0. The van der Waals surface area contributed by atoms with E-state index >= 15 is 0 Å². The van der Waals surface area contributed by atoms with Gasteiger partial charge in [-0.1, -0.05) is 18.9 Å². The van der Waals surface area contributed by atoms with E-state index in [1.165, 1.54) is 6.07 Å². The lowest BCUT2D eigenvalue weighted by molar-refractivity contribution is -0.139. The summed E-state index contributed by atoms with van der Waals surface area (Å²) in [6.45, 7) is 0. The van der Waals surface area contributed by atoms with Gasteiger partial charge in [0.15, 0.2) is 9.84 Å². The number of halogens is 3. The van der Waals surface area contributed by atoms with Gasteiger partial charge in [-0.15, -0.1) is 0 Å². The third-order valence-corrected chi connectivity index (χ3v) is 4.69. The van der Waals surface area contributed by atoms with Crippen LogP contribution in [0.1, 0.15) is 36.8 Å². The molecule has 2 rings (SSSR count). The second kappa shape index (κ2) is 5.39. The van der Waals surface area contributed by atoms with Crippen LogP contribution in [-0.2, 0) is 16.0 Å². The zero-order valence-electron chi connectivity index (χ0n) is 11.1. The minimum atomic E-state index is -4.67. The molecule has 0 aliphatic heterocycles. The van der Waals surface area contributed by atoms with Crippen LogP contribution in [0.3, 0.4) is 0 Å². The van der Waals surface area contributed by atoms with E-state index in [1.807, 2.05) is 6.42 Å². The molecular weight excluding hydrogens is 289 g/mol. The molecule has 1 fully saturated rings. The maximum absolute atomic E-state index is 13.0. The number of sulfone groups is 1. The van der Waals surface area contributed by atoms with Crippen LogP contribution in [0.2, 0.25) is 0 Å². The Morgan fingerprint density at radius 1 is 1.20 bits per heavy atom. The van der Waals surface area contributed by atoms with Crippen LogP contribution in [-0.4, -0.2) is 14.7 Å². The zero-order valence-corrected chi connectivity index (χ0v) is 11.9. The van der Waals surface area contributed by atoms with Crippen molar-refractivity contribution in [1.82, 2.24) is 0 Å². The molecule has 0 bridgehead atoms. The number of hydrogen-bond donors (Lipinski definition) is 0. The van der Waals surface area contributed by atoms with Crippen molar-refractivity contribution < 1.29 is 21.6 Å². The van der Waals surface area contributed by atoms with E-state index in [2.05, 4.69) is 0 Å². The predicted molar refractivity (Wildman–Crippen MR) is 69.9 cm³/mol. The number of rotatable bonds is 3. The Balaban J connectivity index is 2.38. The van der Waals surface area contributed by atoms with Crippen molar-refractivity contribution >= 4 is 9.84 Å². The quantitative estimate of drug-likeness (QED) is 0.850. The first-order chi connectivity index (χ1) is 9.18. The first-order valence-corrected chi connectivity index (χ1v) is 8.33. The fraction of sp³-hybridized carbons (Fsp3) is 0.500. The summed E-state index contributed by atoms with van der Waals surface area (Å²) in [5.41, 5.74) is -0.636. The molecule has 0 saturated heterocycles. The van der Waals surface area contributed by atoms with Gasteiger partial charge in [-0.25, -0.2) is 8.42 Å². The average Bonchev–Trinajstić information content (AvgIpc) is 2.79. The summed E-state index contributed by atoms with van der Waals surface area (Å²) >= 11 is 0. The van der Waals surface area contributed by atoms with Crippen LogP contribution in [0.25, 0.3) is 0 Å². The summed E-state index contributed by atoms with van der Waals surface area (Å²) < 4.78 is 61.9. The minimum absolute atomic E-state index is 0.292. The molecule has 0 N–H and O–H groups in total. The molecule has 0 heterocycles. The van der Waals surface area contributed by atoms with Gasteiger partial charge >= 0.3 is 6.18 Å². The molecule has 1 aliphatic rings. The van der Waals surface area contributed by atoms with Gasteiger partial charge in [-0.05, 0) is 42.9 Å². The van der Waals surface area contributed by atoms with Crippen molar-refractivity contribution in [2.45, 2.75) is 36.8 Å². The third-order valence-electron chi connectivity index (χ3n) is 3.54. The Bertz CT molecular complexity index is 585. The van der Waals surface area contributed by atoms with E-state index < -0.39 is 26.5 Å². The Hall–Kier alpha value is -1.04. The van der Waals surface area contributed by atoms with Crippen molar-refractivity contribution in [3.05, 3.63) is 35.7 Å². The molecule has 0 atom stereocenters. The van der Waals surface area contributed by atoms with Crippen molar-refractivity contribution in [1.29, 1.82) is 0 Å². The van der Waals surface area contributed by atoms with Crippen molar-refractivity contribution in [3.8, 4) is 0 Å². The lowest BCUT2D eigenvalue weighted by Crippen LogP contribution is -2.13. The Labute approximate surface area is 116 Å². The Morgan fingerprint density at radius 2 is 1.80 bits per heavy atom. The summed E-state index contributed by atoms with van der Waals surface area (Å²) in [5, 5.41) is 0. The highest BCUT2D eigenvalue weighted by Gasteiger charge is 2.36. The topological polar surface area (TPSA) is 34.1 Å². The summed E-state index contributed by atoms with van der Waals surface area (Å²) in [6.07, 6.45) is 2.08. The summed E-state index contributed by atoms with van der Waals surface area (Å²) in [5.74, 6) is 0.292. The fourth-order valence-electron chi connectivity index (χ4n) is 2.59. The fourth-order valence-corrected chi connectivity index (χ4v) is 3.48. The second-order valence-electron chi connectivity index (χ2n) is 5.24. The largest absolute Gasteiger partial charge is 0.417 e. The smallest absolute Gasteiger partial charge is 0.224 e. The van der Waals surface area contributed by atoms with Crippen LogP contribution in [0, 0.1) is 12.3 Å². The molecule has 6 heteroatoms. The molecule has 0 aromatic heterocycles. The third kappa shape index (κ3) is 3.53. The molecule has 0 amide bonds. The highest BCUT2D eigenvalue weighted by Crippen LogP contribution is 2.36. The highest BCUT2D eigenvalue weighted by molar-refractivity contribution is 7.90. The lowest BCUT2D eigenvalue weighted by atomic mass is 9.97. The van der Waals surface area contributed by atoms with Crippen LogP contribution in [0.15, 0.2) is 23.1 Å². The lowest BCUT2D eigenvalue weighted by Gasteiger charge is -2.15. The van der Waals surface area contributed by atoms with Crippen molar-refractivity contribution in [2.75, 3.05) is 6.26 Å². The molecule has 1 saturated carbocycles. The molecule has 1 aromatic rings. The Kier molecular flexibility index (Phi) is 4.14. The molecule has 111 valence electrons. The zero-order chi connectivity index (χ0) is 15.0. The summed E-state index contributed by atoms with van der Waals surface area (Å²) in [6, 6.07) is 3.44. The molecule has 0 unspecified atom stereocenters.